The van der Waals surface area contributed by atoms with Crippen molar-refractivity contribution >= 4 is 64.2 Å². The van der Waals surface area contributed by atoms with Crippen LogP contribution >= 0.6 is 11.3 Å². The van der Waals surface area contributed by atoms with Crippen molar-refractivity contribution in [1.82, 2.24) is 15.0 Å². The van der Waals surface area contributed by atoms with Gasteiger partial charge in [0.15, 0.2) is 17.5 Å². The van der Waals surface area contributed by atoms with Crippen LogP contribution < -0.4 is 0 Å². The van der Waals surface area contributed by atoms with Gasteiger partial charge in [0.05, 0.1) is 17.8 Å². The van der Waals surface area contributed by atoms with Crippen molar-refractivity contribution in [2.45, 2.75) is 0 Å². The Hall–Kier alpha value is -5.39. The first-order valence-electron chi connectivity index (χ1n) is 19.3. The maximum absolute atomic E-state index is 9.10. The molecule has 0 atom stereocenters. The van der Waals surface area contributed by atoms with Crippen LogP contribution in [0.4, 0.5) is 0 Å². The molecule has 5 heteroatoms. The first-order chi connectivity index (χ1) is 26.2. The molecule has 0 amide bonds. The molecule has 0 unspecified atom stereocenters. The quantitative estimate of drug-likeness (QED) is 0.213. The van der Waals surface area contributed by atoms with Crippen molar-refractivity contribution in [3.8, 4) is 34.2 Å². The number of furan rings is 1. The molecule has 42 heavy (non-hydrogen) atoms. The Labute approximate surface area is 262 Å². The van der Waals surface area contributed by atoms with Crippen molar-refractivity contribution < 1.29 is 22.2 Å². The predicted octanol–water partition coefficient (Wildman–Crippen LogP) is 10.3. The number of nitrogens with zero attached hydrogens (tertiary/aromatic N) is 3. The molecule has 0 aliphatic heterocycles. The highest BCUT2D eigenvalue weighted by atomic mass is 32.1. The Balaban J connectivity index is 1.42. The van der Waals surface area contributed by atoms with Gasteiger partial charge in [-0.3, -0.25) is 0 Å². The van der Waals surface area contributed by atoms with Crippen molar-refractivity contribution in [3.05, 3.63) is 127 Å². The number of fused-ring (bicyclic) bond motifs is 7. The Bertz CT molecular complexity index is 3220. The van der Waals surface area contributed by atoms with E-state index in [0.717, 1.165) is 20.2 Å². The third kappa shape index (κ3) is 3.64. The molecule has 9 rings (SSSR count). The van der Waals surface area contributed by atoms with E-state index in [2.05, 4.69) is 4.98 Å². The highest BCUT2D eigenvalue weighted by Gasteiger charge is 2.18. The van der Waals surface area contributed by atoms with Crippen molar-refractivity contribution in [2.24, 2.45) is 0 Å². The van der Waals surface area contributed by atoms with Gasteiger partial charge >= 0.3 is 0 Å². The summed E-state index contributed by atoms with van der Waals surface area (Å²) >= 11 is 1.54. The average molecular weight is 569 g/mol. The number of aromatic nitrogens is 3. The molecule has 4 nitrogen and oxygen atoms in total. The first kappa shape index (κ1) is 14.0. The smallest absolute Gasteiger partial charge is 0.164 e. The van der Waals surface area contributed by atoms with Gasteiger partial charge in [-0.1, -0.05) is 96.8 Å². The molecule has 0 aliphatic rings. The number of para-hydroxylation sites is 1. The Morgan fingerprint density at radius 1 is 0.548 bits per heavy atom. The van der Waals surface area contributed by atoms with Crippen LogP contribution in [0.15, 0.2) is 131 Å². The fourth-order valence-corrected chi connectivity index (χ4v) is 6.23. The molecule has 0 N–H and O–H groups in total. The Kier molecular flexibility index (Phi) is 3.02. The lowest BCUT2D eigenvalue weighted by Gasteiger charge is -2.10. The van der Waals surface area contributed by atoms with Gasteiger partial charge in [-0.25, -0.2) is 15.0 Å². The zero-order valence-corrected chi connectivity index (χ0v) is 22.1. The molecule has 0 bridgehead atoms. The largest absolute Gasteiger partial charge is 0.456 e. The first-order valence-corrected chi connectivity index (χ1v) is 13.6. The van der Waals surface area contributed by atoms with Gasteiger partial charge in [-0.15, -0.1) is 11.3 Å². The Morgan fingerprint density at radius 3 is 2.26 bits per heavy atom. The average Bonchev–Trinajstić information content (AvgIpc) is 3.77. The zero-order chi connectivity index (χ0) is 38.9. The molecule has 0 saturated carbocycles. The molecule has 3 aromatic heterocycles. The van der Waals surface area contributed by atoms with Crippen LogP contribution in [0.5, 0.6) is 0 Å². The topological polar surface area (TPSA) is 51.8 Å². The van der Waals surface area contributed by atoms with Crippen molar-refractivity contribution in [3.63, 3.8) is 0 Å². The van der Waals surface area contributed by atoms with E-state index in [4.69, 9.17) is 32.2 Å². The van der Waals surface area contributed by atoms with E-state index < -0.39 is 78.6 Å². The fourth-order valence-electron chi connectivity index (χ4n) is 5.09. The minimum atomic E-state index is -0.594. The number of hydrogen-bond acceptors (Lipinski definition) is 5. The Morgan fingerprint density at radius 2 is 1.31 bits per heavy atom. The number of hydrogen-bond donors (Lipinski definition) is 0. The highest BCUT2D eigenvalue weighted by Crippen LogP contribution is 2.38. The summed E-state index contributed by atoms with van der Waals surface area (Å²) in [6.45, 7) is 0. The summed E-state index contributed by atoms with van der Waals surface area (Å²) in [5, 5.41) is 1.56. The van der Waals surface area contributed by atoms with E-state index >= 15 is 0 Å². The van der Waals surface area contributed by atoms with E-state index in [0.29, 0.717) is 5.56 Å². The van der Waals surface area contributed by atoms with Gasteiger partial charge in [0.25, 0.3) is 0 Å². The van der Waals surface area contributed by atoms with Crippen LogP contribution in [-0.4, -0.2) is 15.0 Å². The van der Waals surface area contributed by atoms with Gasteiger partial charge in [-0.2, -0.15) is 0 Å². The summed E-state index contributed by atoms with van der Waals surface area (Å²) in [5.41, 5.74) is -0.395. The highest BCUT2D eigenvalue weighted by molar-refractivity contribution is 7.25. The van der Waals surface area contributed by atoms with E-state index in [1.807, 2.05) is 36.4 Å². The second kappa shape index (κ2) is 9.06. The maximum Gasteiger partial charge on any atom is 0.164 e. The number of benzene rings is 6. The predicted molar refractivity (Wildman–Crippen MR) is 174 cm³/mol. The van der Waals surface area contributed by atoms with E-state index in [-0.39, 0.29) is 61.3 Å². The molecule has 0 radical (unpaired) electrons. The van der Waals surface area contributed by atoms with Crippen LogP contribution in [0.1, 0.15) is 17.8 Å². The summed E-state index contributed by atoms with van der Waals surface area (Å²) in [6.07, 6.45) is 0. The normalized spacial score (nSPS) is 16.1. The lowest BCUT2D eigenvalue weighted by atomic mass is 10.0. The summed E-state index contributed by atoms with van der Waals surface area (Å²) < 4.78 is 119. The minimum Gasteiger partial charge on any atom is -0.456 e. The van der Waals surface area contributed by atoms with Crippen LogP contribution in [0.2, 0.25) is 0 Å². The summed E-state index contributed by atoms with van der Waals surface area (Å²) in [4.78, 5) is 14.1. The molecule has 3 heterocycles. The summed E-state index contributed by atoms with van der Waals surface area (Å²) in [6, 6.07) is 7.91. The number of thiophene rings is 1. The molecular formula is C37H21N3OS. The van der Waals surface area contributed by atoms with Crippen LogP contribution in [0, 0.1) is 0 Å². The monoisotopic (exact) mass is 568 g/mol. The van der Waals surface area contributed by atoms with Gasteiger partial charge in [0, 0.05) is 47.6 Å². The van der Waals surface area contributed by atoms with Crippen LogP contribution in [0.3, 0.4) is 0 Å². The second-order valence-electron chi connectivity index (χ2n) is 9.47. The van der Waals surface area contributed by atoms with Gasteiger partial charge < -0.3 is 4.42 Å². The third-order valence-corrected chi connectivity index (χ3v) is 8.15. The summed E-state index contributed by atoms with van der Waals surface area (Å²) in [5.74, 6) is -0.451. The lowest BCUT2D eigenvalue weighted by Crippen LogP contribution is -2.00. The van der Waals surface area contributed by atoms with E-state index in [1.165, 1.54) is 6.07 Å². The third-order valence-electron chi connectivity index (χ3n) is 7.01. The molecule has 0 aliphatic carbocycles. The lowest BCUT2D eigenvalue weighted by molar-refractivity contribution is 0.669. The van der Waals surface area contributed by atoms with Crippen LogP contribution in [-0.2, 0) is 0 Å². The fraction of sp³-hybridized carbons (Fsp3) is 0. The minimum absolute atomic E-state index is 0.0316. The summed E-state index contributed by atoms with van der Waals surface area (Å²) in [7, 11) is 0. The second-order valence-corrected chi connectivity index (χ2v) is 10.6. The van der Waals surface area contributed by atoms with E-state index in [9.17, 15) is 0 Å². The molecule has 196 valence electrons. The van der Waals surface area contributed by atoms with Gasteiger partial charge in [0.2, 0.25) is 0 Å². The zero-order valence-electron chi connectivity index (χ0n) is 34.3. The molecule has 0 saturated heterocycles. The molecule has 9 aromatic rings. The van der Waals surface area contributed by atoms with Gasteiger partial charge in [-0.05, 0) is 41.1 Å². The van der Waals surface area contributed by atoms with Crippen molar-refractivity contribution in [1.29, 1.82) is 0 Å². The SMILES string of the molecule is [2H]c1c([2H])c([2H])c2c([2H])c([2H])c(-c3nc(-c4ccc5c(c4)sc4ccccc45)nc(-c4c([2H])c([2H])c([2H])c5oc6c([2H])c([2H])c([2H])c([2H])c6c45)n3)cc2c1[2H]. The standard InChI is InChI=1S/C37H21N3OS/c1-2-9-23-20-24(17-16-22(23)8-1)35-38-36(25-18-19-27-26-10-4-6-15-32(26)42-33(27)21-25)40-37(39-35)29-12-7-14-31-34(29)28-11-3-5-13-30(28)41-31/h1-21H/i1D,2D,3D,5D,7D,8D,9D,11D,12D,13D,14D,16D,17D. The van der Waals surface area contributed by atoms with E-state index in [1.54, 1.807) is 17.4 Å². The van der Waals surface area contributed by atoms with Crippen LogP contribution in [0.25, 0.3) is 87.0 Å². The molecule has 0 spiro atoms. The molecular weight excluding hydrogens is 534 g/mol. The number of rotatable bonds is 3. The van der Waals surface area contributed by atoms with Crippen molar-refractivity contribution in [2.75, 3.05) is 0 Å². The molecule has 0 fully saturated rings. The maximum atomic E-state index is 9.10. The van der Waals surface area contributed by atoms with Gasteiger partial charge in [0.1, 0.15) is 11.2 Å². The molecule has 6 aromatic carbocycles.